The van der Waals surface area contributed by atoms with Crippen molar-refractivity contribution in [3.8, 4) is 5.75 Å². The molecule has 1 N–H and O–H groups in total. The lowest BCUT2D eigenvalue weighted by Gasteiger charge is -2.10. The van der Waals surface area contributed by atoms with Crippen LogP contribution < -0.4 is 4.74 Å². The van der Waals surface area contributed by atoms with Gasteiger partial charge in [0.25, 0.3) is 10.7 Å². The number of aromatic amines is 1. The molecule has 0 saturated carbocycles. The molecule has 4 nitrogen and oxygen atoms in total. The van der Waals surface area contributed by atoms with Gasteiger partial charge in [-0.05, 0) is 55.7 Å². The molecular formula is C12H14N2O2S. The first kappa shape index (κ1) is 11.9. The van der Waals surface area contributed by atoms with E-state index in [0.29, 0.717) is 5.89 Å². The van der Waals surface area contributed by atoms with Gasteiger partial charge in [-0.25, -0.2) is 5.10 Å². The molecule has 0 fully saturated rings. The molecule has 0 bridgehead atoms. The zero-order valence-corrected chi connectivity index (χ0v) is 10.9. The zero-order valence-electron chi connectivity index (χ0n) is 10.0. The van der Waals surface area contributed by atoms with Crippen LogP contribution in [0.25, 0.3) is 0 Å². The fraction of sp³-hybridized carbons (Fsp3) is 0.333. The maximum absolute atomic E-state index is 5.68. The lowest BCUT2D eigenvalue weighted by atomic mass is 10.1. The molecule has 0 amide bonds. The standard InChI is InChI=1S/C12H14N2O2S/c1-7-4-8(2)9(3)10(5-7)15-6-11-13-14-12(17)16-11/h4-5H,6H2,1-3H3,(H,14,17). The second kappa shape index (κ2) is 4.71. The molecule has 90 valence electrons. The van der Waals surface area contributed by atoms with Crippen LogP contribution in [0.5, 0.6) is 5.75 Å². The van der Waals surface area contributed by atoms with Crippen molar-refractivity contribution in [2.75, 3.05) is 0 Å². The van der Waals surface area contributed by atoms with E-state index in [2.05, 4.69) is 23.2 Å². The average molecular weight is 250 g/mol. The number of ether oxygens (including phenoxy) is 1. The maximum Gasteiger partial charge on any atom is 0.284 e. The summed E-state index contributed by atoms with van der Waals surface area (Å²) in [5, 5.41) is 6.44. The van der Waals surface area contributed by atoms with Crippen molar-refractivity contribution in [1.82, 2.24) is 10.2 Å². The Balaban J connectivity index is 2.16. The number of benzene rings is 1. The van der Waals surface area contributed by atoms with Gasteiger partial charge in [-0.1, -0.05) is 6.07 Å². The van der Waals surface area contributed by atoms with Crippen molar-refractivity contribution < 1.29 is 9.15 Å². The fourth-order valence-corrected chi connectivity index (χ4v) is 1.75. The number of hydrogen-bond acceptors (Lipinski definition) is 4. The van der Waals surface area contributed by atoms with E-state index >= 15 is 0 Å². The van der Waals surface area contributed by atoms with E-state index in [1.54, 1.807) is 0 Å². The molecule has 0 aliphatic carbocycles. The lowest BCUT2D eigenvalue weighted by molar-refractivity contribution is 0.259. The maximum atomic E-state index is 5.68. The monoisotopic (exact) mass is 250 g/mol. The Morgan fingerprint density at radius 1 is 1.35 bits per heavy atom. The van der Waals surface area contributed by atoms with Crippen LogP contribution in [-0.4, -0.2) is 10.2 Å². The Morgan fingerprint density at radius 2 is 2.12 bits per heavy atom. The molecule has 5 heteroatoms. The molecule has 0 aliphatic heterocycles. The number of aryl methyl sites for hydroxylation is 2. The van der Waals surface area contributed by atoms with Gasteiger partial charge in [-0.2, -0.15) is 0 Å². The zero-order chi connectivity index (χ0) is 12.4. The van der Waals surface area contributed by atoms with Crippen LogP contribution in [0.1, 0.15) is 22.6 Å². The van der Waals surface area contributed by atoms with Crippen molar-refractivity contribution in [2.45, 2.75) is 27.4 Å². The minimum absolute atomic E-state index is 0.265. The van der Waals surface area contributed by atoms with Crippen molar-refractivity contribution in [2.24, 2.45) is 0 Å². The number of hydrogen-bond donors (Lipinski definition) is 1. The molecule has 0 unspecified atom stereocenters. The quantitative estimate of drug-likeness (QED) is 0.850. The second-order valence-corrected chi connectivity index (χ2v) is 4.37. The molecule has 17 heavy (non-hydrogen) atoms. The second-order valence-electron chi connectivity index (χ2n) is 4.00. The van der Waals surface area contributed by atoms with Crippen LogP contribution in [0.15, 0.2) is 16.5 Å². The SMILES string of the molecule is Cc1cc(C)c(C)c(OCc2n[nH]c(=S)o2)c1. The number of H-pyrrole nitrogens is 1. The third kappa shape index (κ3) is 2.74. The third-order valence-corrected chi connectivity index (χ3v) is 2.77. The van der Waals surface area contributed by atoms with E-state index in [-0.39, 0.29) is 11.4 Å². The van der Waals surface area contributed by atoms with Gasteiger partial charge in [-0.3, -0.25) is 0 Å². The number of nitrogens with one attached hydrogen (secondary N) is 1. The molecule has 1 heterocycles. The predicted molar refractivity (Wildman–Crippen MR) is 66.7 cm³/mol. The largest absolute Gasteiger partial charge is 0.484 e. The Morgan fingerprint density at radius 3 is 2.76 bits per heavy atom. The number of nitrogens with zero attached hydrogens (tertiary/aromatic N) is 1. The Labute approximate surface area is 105 Å². The molecule has 0 spiro atoms. The normalized spacial score (nSPS) is 10.5. The summed E-state index contributed by atoms with van der Waals surface area (Å²) in [6.07, 6.45) is 0. The highest BCUT2D eigenvalue weighted by Gasteiger charge is 2.06. The van der Waals surface area contributed by atoms with Crippen LogP contribution in [0.3, 0.4) is 0 Å². The number of rotatable bonds is 3. The van der Waals surface area contributed by atoms with E-state index in [4.69, 9.17) is 21.4 Å². The van der Waals surface area contributed by atoms with E-state index < -0.39 is 0 Å². The molecule has 0 atom stereocenters. The van der Waals surface area contributed by atoms with Gasteiger partial charge in [0.05, 0.1) is 0 Å². The summed E-state index contributed by atoms with van der Waals surface area (Å²) in [6.45, 7) is 6.41. The van der Waals surface area contributed by atoms with Crippen LogP contribution >= 0.6 is 12.2 Å². The van der Waals surface area contributed by atoms with Gasteiger partial charge >= 0.3 is 0 Å². The van der Waals surface area contributed by atoms with Crippen LogP contribution in [0, 0.1) is 25.6 Å². The summed E-state index contributed by atoms with van der Waals surface area (Å²) in [7, 11) is 0. The summed E-state index contributed by atoms with van der Waals surface area (Å²) in [5.74, 6) is 1.31. The summed E-state index contributed by atoms with van der Waals surface area (Å²) >= 11 is 4.79. The van der Waals surface area contributed by atoms with Crippen molar-refractivity contribution >= 4 is 12.2 Å². The van der Waals surface area contributed by atoms with E-state index in [1.807, 2.05) is 19.9 Å². The average Bonchev–Trinajstić information content (AvgIpc) is 2.67. The fourth-order valence-electron chi connectivity index (χ4n) is 1.61. The van der Waals surface area contributed by atoms with E-state index in [9.17, 15) is 0 Å². The first-order valence-electron chi connectivity index (χ1n) is 5.31. The summed E-state index contributed by atoms with van der Waals surface area (Å²) in [5.41, 5.74) is 3.51. The minimum atomic E-state index is 0.265. The molecule has 2 aromatic rings. The van der Waals surface area contributed by atoms with Gasteiger partial charge < -0.3 is 9.15 Å². The lowest BCUT2D eigenvalue weighted by Crippen LogP contribution is -1.99. The molecule has 0 saturated heterocycles. The molecular weight excluding hydrogens is 236 g/mol. The summed E-state index contributed by atoms with van der Waals surface area (Å²) in [6, 6.07) is 4.13. The van der Waals surface area contributed by atoms with Gasteiger partial charge in [0.2, 0.25) is 0 Å². The molecule has 2 rings (SSSR count). The van der Waals surface area contributed by atoms with Crippen LogP contribution in [0.2, 0.25) is 0 Å². The van der Waals surface area contributed by atoms with Crippen LogP contribution in [-0.2, 0) is 6.61 Å². The van der Waals surface area contributed by atoms with Crippen molar-refractivity contribution in [1.29, 1.82) is 0 Å². The Bertz CT molecular complexity index is 586. The minimum Gasteiger partial charge on any atom is -0.484 e. The Hall–Kier alpha value is -1.62. The Kier molecular flexibility index (Phi) is 3.28. The van der Waals surface area contributed by atoms with Gasteiger partial charge in [-0.15, -0.1) is 5.10 Å². The highest BCUT2D eigenvalue weighted by Crippen LogP contribution is 2.23. The smallest absolute Gasteiger partial charge is 0.284 e. The predicted octanol–water partition coefficient (Wildman–Crippen LogP) is 3.24. The van der Waals surface area contributed by atoms with E-state index in [0.717, 1.165) is 11.3 Å². The number of aromatic nitrogens is 2. The third-order valence-electron chi connectivity index (χ3n) is 2.60. The van der Waals surface area contributed by atoms with E-state index in [1.165, 1.54) is 11.1 Å². The first-order chi connectivity index (χ1) is 8.06. The van der Waals surface area contributed by atoms with Crippen molar-refractivity contribution in [3.05, 3.63) is 39.6 Å². The molecule has 0 radical (unpaired) electrons. The van der Waals surface area contributed by atoms with Crippen LogP contribution in [0.4, 0.5) is 0 Å². The topological polar surface area (TPSA) is 51.0 Å². The van der Waals surface area contributed by atoms with Crippen molar-refractivity contribution in [3.63, 3.8) is 0 Å². The van der Waals surface area contributed by atoms with Gasteiger partial charge in [0.1, 0.15) is 5.75 Å². The first-order valence-corrected chi connectivity index (χ1v) is 5.72. The summed E-state index contributed by atoms with van der Waals surface area (Å²) < 4.78 is 10.8. The highest BCUT2D eigenvalue weighted by atomic mass is 32.1. The van der Waals surface area contributed by atoms with Gasteiger partial charge in [0.15, 0.2) is 6.61 Å². The summed E-state index contributed by atoms with van der Waals surface area (Å²) in [4.78, 5) is 0.265. The highest BCUT2D eigenvalue weighted by molar-refractivity contribution is 7.71. The molecule has 1 aromatic heterocycles. The molecule has 0 aliphatic rings. The van der Waals surface area contributed by atoms with Gasteiger partial charge in [0, 0.05) is 0 Å². The molecule has 1 aromatic carbocycles.